The molecule has 1 aliphatic heterocycles. The molecular formula is C13H17BrFNO. The first kappa shape index (κ1) is 12.8. The van der Waals surface area contributed by atoms with Crippen molar-refractivity contribution in [2.45, 2.75) is 32.2 Å². The molecule has 0 amide bonds. The summed E-state index contributed by atoms with van der Waals surface area (Å²) in [4.78, 5) is 0. The molecule has 1 N–H and O–H groups in total. The molecule has 0 radical (unpaired) electrons. The van der Waals surface area contributed by atoms with Gasteiger partial charge in [0.25, 0.3) is 0 Å². The summed E-state index contributed by atoms with van der Waals surface area (Å²) in [5.74, 6) is 0.412. The van der Waals surface area contributed by atoms with Gasteiger partial charge < -0.3 is 10.1 Å². The molecule has 0 aliphatic carbocycles. The molecule has 2 nitrogen and oxygen atoms in total. The van der Waals surface area contributed by atoms with E-state index in [1.165, 1.54) is 0 Å². The second-order valence-corrected chi connectivity index (χ2v) is 5.59. The van der Waals surface area contributed by atoms with Gasteiger partial charge in [-0.05, 0) is 55.2 Å². The zero-order chi connectivity index (χ0) is 12.6. The van der Waals surface area contributed by atoms with Crippen LogP contribution in [0.3, 0.4) is 0 Å². The van der Waals surface area contributed by atoms with Gasteiger partial charge in [0.15, 0.2) is 0 Å². The Bertz CT molecular complexity index is 442. The lowest BCUT2D eigenvalue weighted by atomic mass is 9.88. The van der Waals surface area contributed by atoms with Crippen LogP contribution >= 0.6 is 15.9 Å². The summed E-state index contributed by atoms with van der Waals surface area (Å²) in [5.41, 5.74) is 1.47. The molecule has 1 aromatic rings. The summed E-state index contributed by atoms with van der Waals surface area (Å²) in [5, 5.41) is 3.47. The minimum absolute atomic E-state index is 0.119. The molecule has 1 aromatic carbocycles. The van der Waals surface area contributed by atoms with Crippen molar-refractivity contribution >= 4 is 15.9 Å². The first-order valence-electron chi connectivity index (χ1n) is 5.77. The number of rotatable bonds is 2. The van der Waals surface area contributed by atoms with Gasteiger partial charge in [0, 0.05) is 16.7 Å². The summed E-state index contributed by atoms with van der Waals surface area (Å²) < 4.78 is 19.7. The van der Waals surface area contributed by atoms with Gasteiger partial charge in [-0.2, -0.15) is 0 Å². The Balaban J connectivity index is 2.60. The van der Waals surface area contributed by atoms with Gasteiger partial charge >= 0.3 is 0 Å². The topological polar surface area (TPSA) is 21.3 Å². The predicted octanol–water partition coefficient (Wildman–Crippen LogP) is 3.50. The average molecular weight is 302 g/mol. The molecule has 2 rings (SSSR count). The highest BCUT2D eigenvalue weighted by Gasteiger charge is 2.34. The summed E-state index contributed by atoms with van der Waals surface area (Å²) >= 11 is 3.27. The molecule has 4 heteroatoms. The van der Waals surface area contributed by atoms with E-state index in [9.17, 15) is 4.39 Å². The Labute approximate surface area is 110 Å². The Morgan fingerprint density at radius 2 is 2.24 bits per heavy atom. The van der Waals surface area contributed by atoms with E-state index in [1.807, 2.05) is 6.07 Å². The highest BCUT2D eigenvalue weighted by atomic mass is 79.9. The fourth-order valence-electron chi connectivity index (χ4n) is 2.53. The van der Waals surface area contributed by atoms with Crippen molar-refractivity contribution in [3.05, 3.63) is 27.5 Å². The van der Waals surface area contributed by atoms with E-state index in [4.69, 9.17) is 4.74 Å². The van der Waals surface area contributed by atoms with Crippen LogP contribution < -0.4 is 10.1 Å². The van der Waals surface area contributed by atoms with E-state index in [-0.39, 0.29) is 11.4 Å². The summed E-state index contributed by atoms with van der Waals surface area (Å²) in [6.45, 7) is 4.88. The SMILES string of the molecule is COc1c(C2(C)CCCN2)cc(Br)c(F)c1C. The van der Waals surface area contributed by atoms with Gasteiger partial charge in [0.2, 0.25) is 0 Å². The molecule has 17 heavy (non-hydrogen) atoms. The van der Waals surface area contributed by atoms with Crippen molar-refractivity contribution < 1.29 is 9.13 Å². The number of halogens is 2. The first-order chi connectivity index (χ1) is 7.99. The van der Waals surface area contributed by atoms with E-state index >= 15 is 0 Å². The third-order valence-electron chi connectivity index (χ3n) is 3.56. The summed E-state index contributed by atoms with van der Waals surface area (Å²) in [7, 11) is 1.59. The zero-order valence-electron chi connectivity index (χ0n) is 10.4. The summed E-state index contributed by atoms with van der Waals surface area (Å²) in [6.07, 6.45) is 2.18. The zero-order valence-corrected chi connectivity index (χ0v) is 11.9. The van der Waals surface area contributed by atoms with Crippen molar-refractivity contribution in [3.63, 3.8) is 0 Å². The second-order valence-electron chi connectivity index (χ2n) is 4.74. The molecule has 1 heterocycles. The van der Waals surface area contributed by atoms with Crippen LogP contribution in [-0.2, 0) is 5.54 Å². The summed E-state index contributed by atoms with van der Waals surface area (Å²) in [6, 6.07) is 1.83. The molecular weight excluding hydrogens is 285 g/mol. The number of methoxy groups -OCH3 is 1. The predicted molar refractivity (Wildman–Crippen MR) is 70.0 cm³/mol. The number of benzene rings is 1. The monoisotopic (exact) mass is 301 g/mol. The van der Waals surface area contributed by atoms with Crippen molar-refractivity contribution in [3.8, 4) is 5.75 Å². The Morgan fingerprint density at radius 3 is 2.76 bits per heavy atom. The quantitative estimate of drug-likeness (QED) is 0.903. The maximum absolute atomic E-state index is 13.8. The van der Waals surface area contributed by atoms with Crippen LogP contribution in [0.1, 0.15) is 30.9 Å². The number of nitrogens with one attached hydrogen (secondary N) is 1. The van der Waals surface area contributed by atoms with Crippen molar-refractivity contribution in [2.24, 2.45) is 0 Å². The molecule has 1 atom stereocenters. The molecule has 1 aliphatic rings. The molecule has 94 valence electrons. The van der Waals surface area contributed by atoms with Crippen molar-refractivity contribution in [1.29, 1.82) is 0 Å². The lowest BCUT2D eigenvalue weighted by molar-refractivity contribution is 0.365. The highest BCUT2D eigenvalue weighted by Crippen LogP contribution is 2.41. The second kappa shape index (κ2) is 4.58. The minimum Gasteiger partial charge on any atom is -0.496 e. The Hall–Kier alpha value is -0.610. The van der Waals surface area contributed by atoms with Crippen LogP contribution in [0.15, 0.2) is 10.5 Å². The van der Waals surface area contributed by atoms with Crippen LogP contribution in [-0.4, -0.2) is 13.7 Å². The third kappa shape index (κ3) is 2.08. The first-order valence-corrected chi connectivity index (χ1v) is 6.57. The van der Waals surface area contributed by atoms with E-state index in [0.29, 0.717) is 15.8 Å². The van der Waals surface area contributed by atoms with E-state index < -0.39 is 0 Å². The number of hydrogen-bond donors (Lipinski definition) is 1. The lowest BCUT2D eigenvalue weighted by Crippen LogP contribution is -2.33. The fraction of sp³-hybridized carbons (Fsp3) is 0.538. The van der Waals surface area contributed by atoms with Gasteiger partial charge in [-0.25, -0.2) is 4.39 Å². The average Bonchev–Trinajstić information content (AvgIpc) is 2.74. The molecule has 0 saturated carbocycles. The van der Waals surface area contributed by atoms with Crippen LogP contribution in [0.4, 0.5) is 4.39 Å². The normalized spacial score (nSPS) is 24.1. The van der Waals surface area contributed by atoms with Crippen LogP contribution in [0.5, 0.6) is 5.75 Å². The molecule has 0 aromatic heterocycles. The van der Waals surface area contributed by atoms with Crippen molar-refractivity contribution in [2.75, 3.05) is 13.7 Å². The third-order valence-corrected chi connectivity index (χ3v) is 4.14. The standard InChI is InChI=1S/C13H17BrFNO/c1-8-11(15)10(14)7-9(12(8)17-3)13(2)5-4-6-16-13/h7,16H,4-6H2,1-3H3. The molecule has 1 fully saturated rings. The fourth-order valence-corrected chi connectivity index (χ4v) is 3.06. The van der Waals surface area contributed by atoms with Crippen LogP contribution in [0.2, 0.25) is 0 Å². The van der Waals surface area contributed by atoms with Crippen LogP contribution in [0.25, 0.3) is 0 Å². The van der Waals surface area contributed by atoms with E-state index in [0.717, 1.165) is 24.9 Å². The Morgan fingerprint density at radius 1 is 1.53 bits per heavy atom. The highest BCUT2D eigenvalue weighted by molar-refractivity contribution is 9.10. The smallest absolute Gasteiger partial charge is 0.143 e. The minimum atomic E-state index is -0.243. The Kier molecular flexibility index (Phi) is 3.46. The van der Waals surface area contributed by atoms with Gasteiger partial charge in [0.05, 0.1) is 11.6 Å². The molecule has 1 unspecified atom stereocenters. The van der Waals surface area contributed by atoms with Gasteiger partial charge in [-0.1, -0.05) is 0 Å². The maximum Gasteiger partial charge on any atom is 0.143 e. The maximum atomic E-state index is 13.8. The van der Waals surface area contributed by atoms with Gasteiger partial charge in [-0.3, -0.25) is 0 Å². The number of ether oxygens (including phenoxy) is 1. The van der Waals surface area contributed by atoms with E-state index in [1.54, 1.807) is 14.0 Å². The number of hydrogen-bond acceptors (Lipinski definition) is 2. The molecule has 1 saturated heterocycles. The largest absolute Gasteiger partial charge is 0.496 e. The van der Waals surface area contributed by atoms with Crippen molar-refractivity contribution in [1.82, 2.24) is 5.32 Å². The molecule has 0 spiro atoms. The van der Waals surface area contributed by atoms with Gasteiger partial charge in [0.1, 0.15) is 11.6 Å². The lowest BCUT2D eigenvalue weighted by Gasteiger charge is -2.28. The molecule has 0 bridgehead atoms. The van der Waals surface area contributed by atoms with Gasteiger partial charge in [-0.15, -0.1) is 0 Å². The van der Waals surface area contributed by atoms with Crippen LogP contribution in [0, 0.1) is 12.7 Å². The van der Waals surface area contributed by atoms with E-state index in [2.05, 4.69) is 28.2 Å².